The Balaban J connectivity index is 2.85. The molecule has 0 radical (unpaired) electrons. The number of nitrogens with one attached hydrogen (secondary N) is 1. The molecule has 2 N–H and O–H groups in total. The van der Waals surface area contributed by atoms with E-state index in [1.165, 1.54) is 0 Å². The number of aliphatic hydroxyl groups excluding tert-OH is 1. The summed E-state index contributed by atoms with van der Waals surface area (Å²) in [6, 6.07) is 2.57. The third-order valence-corrected chi connectivity index (χ3v) is 2.57. The Morgan fingerprint density at radius 1 is 1.58 bits per heavy atom. The maximum Gasteiger partial charge on any atom is 0.285 e. The average Bonchev–Trinajstić information content (AvgIpc) is 2.35. The number of nitro groups is 1. The van der Waals surface area contributed by atoms with Crippen LogP contribution in [-0.2, 0) is 0 Å². The van der Waals surface area contributed by atoms with Crippen molar-refractivity contribution < 1.29 is 19.2 Å². The number of rotatable bonds is 6. The van der Waals surface area contributed by atoms with E-state index in [2.05, 4.69) is 5.32 Å². The summed E-state index contributed by atoms with van der Waals surface area (Å²) < 4.78 is 12.9. The minimum absolute atomic E-state index is 0.0108. The fourth-order valence-electron chi connectivity index (χ4n) is 1.62. The predicted molar refractivity (Wildman–Crippen MR) is 66.3 cm³/mol. The maximum absolute atomic E-state index is 12.9. The molecule has 0 aliphatic rings. The van der Waals surface area contributed by atoms with Gasteiger partial charge in [0.15, 0.2) is 0 Å². The SMILES string of the molecule is CC(CCCO)NC(=O)c1ccc(F)cc1[N+](=O)[O-]. The van der Waals surface area contributed by atoms with Crippen LogP contribution in [0, 0.1) is 15.9 Å². The number of halogens is 1. The fourth-order valence-corrected chi connectivity index (χ4v) is 1.62. The first-order valence-corrected chi connectivity index (χ1v) is 5.81. The van der Waals surface area contributed by atoms with Crippen LogP contribution >= 0.6 is 0 Å². The van der Waals surface area contributed by atoms with E-state index in [1.54, 1.807) is 6.92 Å². The molecule has 0 aromatic heterocycles. The van der Waals surface area contributed by atoms with E-state index in [0.717, 1.165) is 12.1 Å². The summed E-state index contributed by atoms with van der Waals surface area (Å²) in [4.78, 5) is 21.8. The number of carbonyl (C=O) groups is 1. The fraction of sp³-hybridized carbons (Fsp3) is 0.417. The van der Waals surface area contributed by atoms with Gasteiger partial charge in [0.1, 0.15) is 11.4 Å². The van der Waals surface area contributed by atoms with Crippen molar-refractivity contribution in [3.63, 3.8) is 0 Å². The number of nitro benzene ring substituents is 1. The second-order valence-electron chi connectivity index (χ2n) is 4.16. The third-order valence-electron chi connectivity index (χ3n) is 2.57. The Labute approximate surface area is 109 Å². The standard InChI is InChI=1S/C12H15FN2O4/c1-8(3-2-6-16)14-12(17)10-5-4-9(13)7-11(10)15(18)19/h4-5,7-8,16H,2-3,6H2,1H3,(H,14,17). The molecule has 0 aliphatic heterocycles. The average molecular weight is 270 g/mol. The molecule has 1 aromatic carbocycles. The van der Waals surface area contributed by atoms with E-state index in [0.29, 0.717) is 18.9 Å². The van der Waals surface area contributed by atoms with Gasteiger partial charge in [-0.25, -0.2) is 4.39 Å². The summed E-state index contributed by atoms with van der Waals surface area (Å²) in [6.45, 7) is 1.74. The number of amides is 1. The van der Waals surface area contributed by atoms with Crippen molar-refractivity contribution in [2.24, 2.45) is 0 Å². The summed E-state index contributed by atoms with van der Waals surface area (Å²) in [5.74, 6) is -1.39. The summed E-state index contributed by atoms with van der Waals surface area (Å²) >= 11 is 0. The Morgan fingerprint density at radius 2 is 2.26 bits per heavy atom. The molecule has 1 amide bonds. The molecular weight excluding hydrogens is 255 g/mol. The van der Waals surface area contributed by atoms with Gasteiger partial charge >= 0.3 is 0 Å². The van der Waals surface area contributed by atoms with Gasteiger partial charge in [-0.3, -0.25) is 14.9 Å². The molecule has 1 aromatic rings. The molecule has 1 atom stereocenters. The Kier molecular flexibility index (Phi) is 5.37. The molecule has 19 heavy (non-hydrogen) atoms. The van der Waals surface area contributed by atoms with Gasteiger partial charge in [-0.1, -0.05) is 0 Å². The van der Waals surface area contributed by atoms with Crippen molar-refractivity contribution in [3.8, 4) is 0 Å². The molecule has 0 spiro atoms. The molecule has 7 heteroatoms. The van der Waals surface area contributed by atoms with E-state index in [9.17, 15) is 19.3 Å². The first kappa shape index (κ1) is 15.0. The van der Waals surface area contributed by atoms with Crippen molar-refractivity contribution in [2.45, 2.75) is 25.8 Å². The Hall–Kier alpha value is -2.02. The molecular formula is C12H15FN2O4. The summed E-state index contributed by atoms with van der Waals surface area (Å²) in [6.07, 6.45) is 1.07. The minimum Gasteiger partial charge on any atom is -0.396 e. The molecule has 1 unspecified atom stereocenters. The second-order valence-corrected chi connectivity index (χ2v) is 4.16. The first-order chi connectivity index (χ1) is 8.95. The molecule has 0 heterocycles. The number of carbonyl (C=O) groups excluding carboxylic acids is 1. The van der Waals surface area contributed by atoms with Gasteiger partial charge in [0.25, 0.3) is 11.6 Å². The second kappa shape index (κ2) is 6.79. The summed E-state index contributed by atoms with van der Waals surface area (Å²) in [5, 5.41) is 22.0. The smallest absolute Gasteiger partial charge is 0.285 e. The third kappa shape index (κ3) is 4.29. The van der Waals surface area contributed by atoms with Crippen LogP contribution < -0.4 is 5.32 Å². The zero-order valence-corrected chi connectivity index (χ0v) is 10.4. The molecule has 6 nitrogen and oxygen atoms in total. The van der Waals surface area contributed by atoms with E-state index in [4.69, 9.17) is 5.11 Å². The van der Waals surface area contributed by atoms with Gasteiger partial charge in [-0.15, -0.1) is 0 Å². The van der Waals surface area contributed by atoms with Gasteiger partial charge in [-0.05, 0) is 31.9 Å². The maximum atomic E-state index is 12.9. The van der Waals surface area contributed by atoms with Crippen LogP contribution in [0.5, 0.6) is 0 Å². The molecule has 0 bridgehead atoms. The van der Waals surface area contributed by atoms with Crippen molar-refractivity contribution in [1.29, 1.82) is 0 Å². The van der Waals surface area contributed by atoms with Gasteiger partial charge in [0.2, 0.25) is 0 Å². The highest BCUT2D eigenvalue weighted by Crippen LogP contribution is 2.19. The molecule has 1 rings (SSSR count). The van der Waals surface area contributed by atoms with E-state index >= 15 is 0 Å². The summed E-state index contributed by atoms with van der Waals surface area (Å²) in [7, 11) is 0. The van der Waals surface area contributed by atoms with Crippen LogP contribution in [0.3, 0.4) is 0 Å². The monoisotopic (exact) mass is 270 g/mol. The molecule has 0 aliphatic carbocycles. The Morgan fingerprint density at radius 3 is 2.84 bits per heavy atom. The highest BCUT2D eigenvalue weighted by Gasteiger charge is 2.21. The molecule has 0 saturated carbocycles. The molecule has 0 fully saturated rings. The quantitative estimate of drug-likeness (QED) is 0.607. The lowest BCUT2D eigenvalue weighted by molar-refractivity contribution is -0.385. The lowest BCUT2D eigenvalue weighted by Crippen LogP contribution is -2.33. The van der Waals surface area contributed by atoms with E-state index < -0.39 is 22.3 Å². The van der Waals surface area contributed by atoms with Gasteiger partial charge < -0.3 is 10.4 Å². The lowest BCUT2D eigenvalue weighted by Gasteiger charge is -2.13. The van der Waals surface area contributed by atoms with Crippen molar-refractivity contribution in [2.75, 3.05) is 6.61 Å². The van der Waals surface area contributed by atoms with Crippen LogP contribution in [0.15, 0.2) is 18.2 Å². The number of hydrogen-bond donors (Lipinski definition) is 2. The highest BCUT2D eigenvalue weighted by atomic mass is 19.1. The van der Waals surface area contributed by atoms with Gasteiger partial charge in [0, 0.05) is 12.6 Å². The van der Waals surface area contributed by atoms with Crippen molar-refractivity contribution >= 4 is 11.6 Å². The molecule has 0 saturated heterocycles. The van der Waals surface area contributed by atoms with Crippen LogP contribution in [0.1, 0.15) is 30.1 Å². The minimum atomic E-state index is -0.795. The number of aliphatic hydroxyl groups is 1. The summed E-state index contributed by atoms with van der Waals surface area (Å²) in [5.41, 5.74) is -0.742. The predicted octanol–water partition coefficient (Wildman–Crippen LogP) is 1.62. The van der Waals surface area contributed by atoms with E-state index in [-0.39, 0.29) is 18.2 Å². The van der Waals surface area contributed by atoms with Crippen LogP contribution in [0.25, 0.3) is 0 Å². The topological polar surface area (TPSA) is 92.5 Å². The van der Waals surface area contributed by atoms with Crippen LogP contribution in [0.2, 0.25) is 0 Å². The van der Waals surface area contributed by atoms with Gasteiger partial charge in [-0.2, -0.15) is 0 Å². The van der Waals surface area contributed by atoms with E-state index in [1.807, 2.05) is 0 Å². The Bertz CT molecular complexity index is 479. The number of benzene rings is 1. The largest absolute Gasteiger partial charge is 0.396 e. The lowest BCUT2D eigenvalue weighted by atomic mass is 10.1. The zero-order chi connectivity index (χ0) is 14.4. The van der Waals surface area contributed by atoms with Crippen molar-refractivity contribution in [1.82, 2.24) is 5.32 Å². The first-order valence-electron chi connectivity index (χ1n) is 5.81. The highest BCUT2D eigenvalue weighted by molar-refractivity contribution is 5.98. The normalized spacial score (nSPS) is 11.9. The van der Waals surface area contributed by atoms with Crippen LogP contribution in [-0.4, -0.2) is 28.6 Å². The van der Waals surface area contributed by atoms with Crippen LogP contribution in [0.4, 0.5) is 10.1 Å². The molecule has 104 valence electrons. The zero-order valence-electron chi connectivity index (χ0n) is 10.4. The van der Waals surface area contributed by atoms with Crippen molar-refractivity contribution in [3.05, 3.63) is 39.7 Å². The number of nitrogens with zero attached hydrogens (tertiary/aromatic N) is 1. The van der Waals surface area contributed by atoms with Gasteiger partial charge in [0.05, 0.1) is 11.0 Å². The number of hydrogen-bond acceptors (Lipinski definition) is 4.